The first-order chi connectivity index (χ1) is 10.6. The number of fused-ring (bicyclic) bond motifs is 1. The fourth-order valence-corrected chi connectivity index (χ4v) is 4.53. The maximum Gasteiger partial charge on any atom is 0.347 e. The molecule has 112 valence electrons. The van der Waals surface area contributed by atoms with E-state index >= 15 is 0 Å². The third-order valence-corrected chi connectivity index (χ3v) is 6.03. The van der Waals surface area contributed by atoms with Crippen molar-refractivity contribution in [1.82, 2.24) is 0 Å². The molecule has 1 N–H and O–H groups in total. The first-order valence-corrected chi connectivity index (χ1v) is 8.37. The highest BCUT2D eigenvalue weighted by Crippen LogP contribution is 2.44. The summed E-state index contributed by atoms with van der Waals surface area (Å²) in [6, 6.07) is 13.0. The van der Waals surface area contributed by atoms with Gasteiger partial charge in [0.2, 0.25) is 0 Å². The molecule has 1 aromatic heterocycles. The fourth-order valence-electron chi connectivity index (χ4n) is 2.06. The molecule has 1 heterocycles. The maximum absolute atomic E-state index is 11.6. The summed E-state index contributed by atoms with van der Waals surface area (Å²) in [5, 5.41) is 10.9. The van der Waals surface area contributed by atoms with E-state index in [1.165, 1.54) is 23.1 Å². The smallest absolute Gasteiger partial charge is 0.347 e. The van der Waals surface area contributed by atoms with Crippen molar-refractivity contribution in [3.8, 4) is 5.75 Å². The average Bonchev–Trinajstić information content (AvgIpc) is 2.87. The molecule has 0 aliphatic heterocycles. The lowest BCUT2D eigenvalue weighted by atomic mass is 10.2. The van der Waals surface area contributed by atoms with E-state index < -0.39 is 5.97 Å². The van der Waals surface area contributed by atoms with Gasteiger partial charge in [0, 0.05) is 19.9 Å². The van der Waals surface area contributed by atoms with Crippen LogP contribution in [0.15, 0.2) is 52.3 Å². The number of thiophene rings is 1. The number of halogens is 1. The lowest BCUT2D eigenvalue weighted by molar-refractivity contribution is 0.0699. The summed E-state index contributed by atoms with van der Waals surface area (Å²) in [5.41, 5.74) is 0. The zero-order valence-corrected chi connectivity index (χ0v) is 13.9. The Balaban J connectivity index is 2.19. The molecule has 0 aliphatic rings. The van der Waals surface area contributed by atoms with Crippen LogP contribution in [-0.2, 0) is 0 Å². The molecule has 0 fully saturated rings. The van der Waals surface area contributed by atoms with Crippen molar-refractivity contribution in [3.05, 3.63) is 52.4 Å². The van der Waals surface area contributed by atoms with E-state index in [0.29, 0.717) is 20.5 Å². The summed E-state index contributed by atoms with van der Waals surface area (Å²) < 4.78 is 6.15. The summed E-state index contributed by atoms with van der Waals surface area (Å²) in [5.74, 6) is -0.238. The molecule has 3 nitrogen and oxygen atoms in total. The number of carboxylic acid groups (broad SMARTS) is 1. The van der Waals surface area contributed by atoms with Crippen molar-refractivity contribution in [2.24, 2.45) is 0 Å². The number of aromatic carboxylic acids is 1. The van der Waals surface area contributed by atoms with Crippen LogP contribution >= 0.6 is 34.7 Å². The highest BCUT2D eigenvalue weighted by molar-refractivity contribution is 8.00. The third kappa shape index (κ3) is 2.79. The second kappa shape index (κ2) is 6.20. The molecular formula is C16H11ClO3S2. The van der Waals surface area contributed by atoms with Gasteiger partial charge in [-0.15, -0.1) is 11.3 Å². The van der Waals surface area contributed by atoms with Gasteiger partial charge in [-0.3, -0.25) is 0 Å². The van der Waals surface area contributed by atoms with Gasteiger partial charge in [-0.2, -0.15) is 0 Å². The summed E-state index contributed by atoms with van der Waals surface area (Å²) in [7, 11) is 1.59. The molecule has 0 amide bonds. The molecule has 0 spiro atoms. The highest BCUT2D eigenvalue weighted by Gasteiger charge is 2.20. The Morgan fingerprint density at radius 2 is 2.05 bits per heavy atom. The van der Waals surface area contributed by atoms with Crippen LogP contribution < -0.4 is 4.74 Å². The summed E-state index contributed by atoms with van der Waals surface area (Å²) in [4.78, 5) is 13.4. The minimum Gasteiger partial charge on any atom is -0.497 e. The highest BCUT2D eigenvalue weighted by atomic mass is 35.5. The molecule has 0 saturated carbocycles. The predicted octanol–water partition coefficient (Wildman–Crippen LogP) is 5.41. The summed E-state index contributed by atoms with van der Waals surface area (Å²) in [6.45, 7) is 0. The largest absolute Gasteiger partial charge is 0.497 e. The number of carboxylic acids is 1. The maximum atomic E-state index is 11.6. The van der Waals surface area contributed by atoms with E-state index in [4.69, 9.17) is 16.3 Å². The molecule has 6 heteroatoms. The van der Waals surface area contributed by atoms with Gasteiger partial charge in [0.1, 0.15) is 10.6 Å². The molecule has 3 aromatic rings. The van der Waals surface area contributed by atoms with Crippen LogP contribution in [0.5, 0.6) is 5.75 Å². The van der Waals surface area contributed by atoms with Crippen molar-refractivity contribution in [2.45, 2.75) is 9.79 Å². The van der Waals surface area contributed by atoms with Crippen molar-refractivity contribution in [3.63, 3.8) is 0 Å². The molecule has 0 bridgehead atoms. The Labute approximate surface area is 140 Å². The van der Waals surface area contributed by atoms with Crippen molar-refractivity contribution < 1.29 is 14.6 Å². The van der Waals surface area contributed by atoms with E-state index in [0.717, 1.165) is 15.0 Å². The monoisotopic (exact) mass is 350 g/mol. The van der Waals surface area contributed by atoms with Crippen LogP contribution in [0.25, 0.3) is 10.1 Å². The Morgan fingerprint density at radius 3 is 2.73 bits per heavy atom. The third-order valence-electron chi connectivity index (χ3n) is 3.09. The van der Waals surface area contributed by atoms with Gasteiger partial charge in [-0.1, -0.05) is 35.5 Å². The lowest BCUT2D eigenvalue weighted by Gasteiger charge is -2.05. The first kappa shape index (κ1) is 15.2. The molecule has 0 saturated heterocycles. The van der Waals surface area contributed by atoms with Gasteiger partial charge in [0.15, 0.2) is 0 Å². The molecule has 0 unspecified atom stereocenters. The number of rotatable bonds is 4. The van der Waals surface area contributed by atoms with Gasteiger partial charge < -0.3 is 9.84 Å². The lowest BCUT2D eigenvalue weighted by Crippen LogP contribution is -1.93. The molecule has 22 heavy (non-hydrogen) atoms. The summed E-state index contributed by atoms with van der Waals surface area (Å²) >= 11 is 8.82. The number of ether oxygens (including phenoxy) is 1. The number of hydrogen-bond acceptors (Lipinski definition) is 4. The molecule has 2 aromatic carbocycles. The molecule has 0 radical (unpaired) electrons. The zero-order chi connectivity index (χ0) is 15.7. The van der Waals surface area contributed by atoms with Gasteiger partial charge >= 0.3 is 5.97 Å². The summed E-state index contributed by atoms with van der Waals surface area (Å²) in [6.07, 6.45) is 0. The average molecular weight is 351 g/mol. The predicted molar refractivity (Wildman–Crippen MR) is 90.9 cm³/mol. The Hall–Kier alpha value is -1.69. The van der Waals surface area contributed by atoms with Crippen molar-refractivity contribution in [1.29, 1.82) is 0 Å². The van der Waals surface area contributed by atoms with Gasteiger partial charge in [0.05, 0.1) is 12.1 Å². The van der Waals surface area contributed by atoms with E-state index in [9.17, 15) is 9.90 Å². The first-order valence-electron chi connectivity index (χ1n) is 6.36. The quantitative estimate of drug-likeness (QED) is 0.683. The minimum atomic E-state index is -0.935. The number of benzene rings is 2. The fraction of sp³-hybridized carbons (Fsp3) is 0.0625. The van der Waals surface area contributed by atoms with Crippen molar-refractivity contribution >= 4 is 50.8 Å². The van der Waals surface area contributed by atoms with Crippen LogP contribution in [-0.4, -0.2) is 18.2 Å². The molecule has 0 atom stereocenters. The van der Waals surface area contributed by atoms with Crippen LogP contribution in [0, 0.1) is 0 Å². The van der Waals surface area contributed by atoms with Crippen LogP contribution in [0.1, 0.15) is 9.67 Å². The van der Waals surface area contributed by atoms with Gasteiger partial charge in [0.25, 0.3) is 0 Å². The Kier molecular flexibility index (Phi) is 4.29. The minimum absolute atomic E-state index is 0.313. The number of hydrogen-bond donors (Lipinski definition) is 1. The SMILES string of the molecule is COc1ccc2sc(C(=O)O)c(Sc3ccccc3Cl)c2c1. The van der Waals surface area contributed by atoms with E-state index in [1.807, 2.05) is 36.4 Å². The zero-order valence-electron chi connectivity index (χ0n) is 11.5. The van der Waals surface area contributed by atoms with E-state index in [2.05, 4.69) is 0 Å². The topological polar surface area (TPSA) is 46.5 Å². The Morgan fingerprint density at radius 1 is 1.27 bits per heavy atom. The van der Waals surface area contributed by atoms with Crippen LogP contribution in [0.3, 0.4) is 0 Å². The van der Waals surface area contributed by atoms with Crippen molar-refractivity contribution in [2.75, 3.05) is 7.11 Å². The molecule has 0 aliphatic carbocycles. The molecular weight excluding hydrogens is 340 g/mol. The van der Waals surface area contributed by atoms with E-state index in [1.54, 1.807) is 13.2 Å². The second-order valence-corrected chi connectivity index (χ2v) is 6.97. The van der Waals surface area contributed by atoms with Gasteiger partial charge in [-0.25, -0.2) is 4.79 Å². The standard InChI is InChI=1S/C16H11ClO3S2/c1-20-9-6-7-12-10(8-9)14(15(21-12)16(18)19)22-13-5-3-2-4-11(13)17/h2-8H,1H3,(H,18,19). The number of methoxy groups -OCH3 is 1. The van der Waals surface area contributed by atoms with Gasteiger partial charge in [-0.05, 0) is 30.3 Å². The Bertz CT molecular complexity index is 858. The van der Waals surface area contributed by atoms with Crippen LogP contribution in [0.4, 0.5) is 0 Å². The second-order valence-electron chi connectivity index (χ2n) is 4.46. The van der Waals surface area contributed by atoms with E-state index in [-0.39, 0.29) is 0 Å². The van der Waals surface area contributed by atoms with Crippen LogP contribution in [0.2, 0.25) is 5.02 Å². The number of carbonyl (C=O) groups is 1. The molecule has 3 rings (SSSR count). The normalized spacial score (nSPS) is 10.8.